The minimum Gasteiger partial charge on any atom is -0.371 e. The lowest BCUT2D eigenvalue weighted by molar-refractivity contribution is 0.240. The normalized spacial score (nSPS) is 16.9. The van der Waals surface area contributed by atoms with Gasteiger partial charge < -0.3 is 4.90 Å². The molecule has 98 valence electrons. The van der Waals surface area contributed by atoms with Crippen LogP contribution < -0.4 is 10.4 Å². The highest BCUT2D eigenvalue weighted by atomic mass is 79.9. The molecule has 0 aromatic heterocycles. The van der Waals surface area contributed by atoms with Crippen molar-refractivity contribution in [1.29, 1.82) is 0 Å². The summed E-state index contributed by atoms with van der Waals surface area (Å²) in [4.78, 5) is 6.48. The van der Waals surface area contributed by atoms with Crippen molar-refractivity contribution in [2.45, 2.75) is 25.7 Å². The summed E-state index contributed by atoms with van der Waals surface area (Å²) in [5.41, 5.74) is 3.94. The largest absolute Gasteiger partial charge is 0.371 e. The lowest BCUT2D eigenvalue weighted by Gasteiger charge is -2.24. The summed E-state index contributed by atoms with van der Waals surface area (Å²) in [6.07, 6.45) is 6.45. The molecule has 1 aliphatic heterocycles. The van der Waals surface area contributed by atoms with Crippen LogP contribution in [0.15, 0.2) is 27.7 Å². The fourth-order valence-electron chi connectivity index (χ4n) is 2.25. The predicted molar refractivity (Wildman–Crippen MR) is 77.9 cm³/mol. The van der Waals surface area contributed by atoms with Gasteiger partial charge in [0.1, 0.15) is 6.34 Å². The average Bonchev–Trinajstić information content (AvgIpc) is 2.65. The van der Waals surface area contributed by atoms with Gasteiger partial charge in [-0.1, -0.05) is 12.8 Å². The molecule has 2 rings (SSSR count). The van der Waals surface area contributed by atoms with Gasteiger partial charge in [0.25, 0.3) is 0 Å². The molecule has 4 nitrogen and oxygen atoms in total. The van der Waals surface area contributed by atoms with Gasteiger partial charge in [-0.3, -0.25) is 10.7 Å². The Hall–Kier alpha value is -1.07. The first-order valence-electron chi connectivity index (χ1n) is 6.28. The first-order valence-corrected chi connectivity index (χ1v) is 7.07. The molecule has 0 amide bonds. The second-order valence-electron chi connectivity index (χ2n) is 4.42. The van der Waals surface area contributed by atoms with Crippen molar-refractivity contribution < 1.29 is 5.21 Å². The van der Waals surface area contributed by atoms with E-state index in [1.807, 2.05) is 17.6 Å². The maximum absolute atomic E-state index is 8.47. The number of hydrogen-bond acceptors (Lipinski definition) is 3. The molecule has 5 heteroatoms. The molecule has 0 atom stereocenters. The van der Waals surface area contributed by atoms with Crippen LogP contribution in [0.3, 0.4) is 0 Å². The highest BCUT2D eigenvalue weighted by Gasteiger charge is 2.12. The zero-order valence-electron chi connectivity index (χ0n) is 10.3. The van der Waals surface area contributed by atoms with Crippen molar-refractivity contribution in [3.05, 3.63) is 22.7 Å². The lowest BCUT2D eigenvalue weighted by atomic mass is 10.2. The standard InChI is InChI=1S/C13H18BrN3O/c14-12-9-11(15-10-16-18)5-6-13(12)17-7-3-1-2-4-8-17/h5-6,9-10,18H,1-4,7-8H2,(H,15,16). The van der Waals surface area contributed by atoms with Crippen LogP contribution in [0.25, 0.3) is 0 Å². The summed E-state index contributed by atoms with van der Waals surface area (Å²) in [6.45, 7) is 2.25. The minimum absolute atomic E-state index is 0.807. The molecule has 1 heterocycles. The van der Waals surface area contributed by atoms with Crippen LogP contribution in [0.4, 0.5) is 11.4 Å². The summed E-state index contributed by atoms with van der Waals surface area (Å²) in [5, 5.41) is 8.47. The molecule has 0 radical (unpaired) electrons. The van der Waals surface area contributed by atoms with Crippen LogP contribution in [-0.4, -0.2) is 24.6 Å². The quantitative estimate of drug-likeness (QED) is 0.510. The zero-order valence-corrected chi connectivity index (χ0v) is 11.9. The van der Waals surface area contributed by atoms with E-state index in [2.05, 4.69) is 31.9 Å². The summed E-state index contributed by atoms with van der Waals surface area (Å²) in [6, 6.07) is 6.01. The van der Waals surface area contributed by atoms with E-state index in [0.717, 1.165) is 23.2 Å². The smallest absolute Gasteiger partial charge is 0.113 e. The Morgan fingerprint density at radius 2 is 1.94 bits per heavy atom. The van der Waals surface area contributed by atoms with Crippen molar-refractivity contribution in [2.24, 2.45) is 4.99 Å². The van der Waals surface area contributed by atoms with Crippen molar-refractivity contribution in [1.82, 2.24) is 5.48 Å². The predicted octanol–water partition coefficient (Wildman–Crippen LogP) is 3.47. The molecule has 0 aliphatic carbocycles. The van der Waals surface area contributed by atoms with Crippen LogP contribution in [0.1, 0.15) is 25.7 Å². The van der Waals surface area contributed by atoms with Gasteiger partial charge in [0.15, 0.2) is 0 Å². The lowest BCUT2D eigenvalue weighted by Crippen LogP contribution is -2.24. The number of hydroxylamine groups is 1. The number of nitrogens with zero attached hydrogens (tertiary/aromatic N) is 2. The Kier molecular flexibility index (Phi) is 5.01. The molecule has 0 bridgehead atoms. The average molecular weight is 312 g/mol. The summed E-state index contributed by atoms with van der Waals surface area (Å²) < 4.78 is 1.05. The molecule has 1 aromatic rings. The molecule has 2 N–H and O–H groups in total. The van der Waals surface area contributed by atoms with Gasteiger partial charge >= 0.3 is 0 Å². The van der Waals surface area contributed by atoms with E-state index in [1.54, 1.807) is 0 Å². The van der Waals surface area contributed by atoms with Crippen LogP contribution in [0, 0.1) is 0 Å². The first kappa shape index (κ1) is 13.4. The highest BCUT2D eigenvalue weighted by Crippen LogP contribution is 2.31. The van der Waals surface area contributed by atoms with Crippen molar-refractivity contribution in [3.8, 4) is 0 Å². The van der Waals surface area contributed by atoms with E-state index in [4.69, 9.17) is 5.21 Å². The van der Waals surface area contributed by atoms with E-state index < -0.39 is 0 Å². The van der Waals surface area contributed by atoms with Gasteiger partial charge in [0.2, 0.25) is 0 Å². The summed E-state index contributed by atoms with van der Waals surface area (Å²) in [5.74, 6) is 0. The molecular weight excluding hydrogens is 294 g/mol. The second kappa shape index (κ2) is 6.75. The van der Waals surface area contributed by atoms with Crippen LogP contribution >= 0.6 is 15.9 Å². The third-order valence-electron chi connectivity index (χ3n) is 3.15. The SMILES string of the molecule is ONC=Nc1ccc(N2CCCCCC2)c(Br)c1. The molecule has 18 heavy (non-hydrogen) atoms. The van der Waals surface area contributed by atoms with Gasteiger partial charge in [-0.05, 0) is 47.0 Å². The van der Waals surface area contributed by atoms with E-state index in [9.17, 15) is 0 Å². The fourth-order valence-corrected chi connectivity index (χ4v) is 2.87. The number of nitrogens with one attached hydrogen (secondary N) is 1. The number of anilines is 1. The van der Waals surface area contributed by atoms with Gasteiger partial charge in [-0.2, -0.15) is 0 Å². The summed E-state index contributed by atoms with van der Waals surface area (Å²) in [7, 11) is 0. The van der Waals surface area contributed by atoms with E-state index >= 15 is 0 Å². The molecule has 1 aliphatic rings. The van der Waals surface area contributed by atoms with Crippen molar-refractivity contribution in [3.63, 3.8) is 0 Å². The van der Waals surface area contributed by atoms with Gasteiger partial charge in [-0.15, -0.1) is 0 Å². The Morgan fingerprint density at radius 3 is 2.56 bits per heavy atom. The maximum Gasteiger partial charge on any atom is 0.113 e. The van der Waals surface area contributed by atoms with Gasteiger partial charge in [-0.25, -0.2) is 4.99 Å². The third-order valence-corrected chi connectivity index (χ3v) is 3.78. The van der Waals surface area contributed by atoms with E-state index in [1.165, 1.54) is 37.7 Å². The van der Waals surface area contributed by atoms with E-state index in [0.29, 0.717) is 0 Å². The third kappa shape index (κ3) is 3.46. The zero-order chi connectivity index (χ0) is 12.8. The Bertz CT molecular complexity index is 415. The Morgan fingerprint density at radius 1 is 1.22 bits per heavy atom. The molecular formula is C13H18BrN3O. The van der Waals surface area contributed by atoms with Gasteiger partial charge in [0.05, 0.1) is 11.4 Å². The van der Waals surface area contributed by atoms with Crippen molar-refractivity contribution >= 4 is 33.6 Å². The fraction of sp³-hybridized carbons (Fsp3) is 0.462. The van der Waals surface area contributed by atoms with E-state index in [-0.39, 0.29) is 0 Å². The van der Waals surface area contributed by atoms with Crippen LogP contribution in [-0.2, 0) is 0 Å². The minimum atomic E-state index is 0.807. The number of rotatable bonds is 3. The first-order chi connectivity index (χ1) is 8.81. The van der Waals surface area contributed by atoms with Crippen LogP contribution in [0.2, 0.25) is 0 Å². The second-order valence-corrected chi connectivity index (χ2v) is 5.28. The Labute approximate surface area is 116 Å². The maximum atomic E-state index is 8.47. The highest BCUT2D eigenvalue weighted by molar-refractivity contribution is 9.10. The monoisotopic (exact) mass is 311 g/mol. The summed E-state index contributed by atoms with van der Waals surface area (Å²) >= 11 is 3.60. The molecule has 0 saturated carbocycles. The number of hydrogen-bond donors (Lipinski definition) is 2. The molecule has 1 aromatic carbocycles. The van der Waals surface area contributed by atoms with Gasteiger partial charge in [0, 0.05) is 17.6 Å². The molecule has 0 unspecified atom stereocenters. The van der Waals surface area contributed by atoms with Crippen molar-refractivity contribution in [2.75, 3.05) is 18.0 Å². The Balaban J connectivity index is 2.15. The number of benzene rings is 1. The topological polar surface area (TPSA) is 47.9 Å². The number of aliphatic imine (C=N–C) groups is 1. The molecule has 1 fully saturated rings. The molecule has 0 spiro atoms. The number of halogens is 1. The van der Waals surface area contributed by atoms with Crippen LogP contribution in [0.5, 0.6) is 0 Å². The molecule has 1 saturated heterocycles.